The largest absolute Gasteiger partial charge is 0.320 e. The third-order valence-corrected chi connectivity index (χ3v) is 2.68. The molecular weight excluding hydrogens is 238 g/mol. The van der Waals surface area contributed by atoms with Gasteiger partial charge in [-0.3, -0.25) is 10.1 Å². The lowest BCUT2D eigenvalue weighted by Gasteiger charge is -2.10. The number of nitrogens with one attached hydrogen (secondary N) is 1. The second-order valence-corrected chi connectivity index (χ2v) is 4.19. The van der Waals surface area contributed by atoms with Crippen molar-refractivity contribution in [3.8, 4) is 0 Å². The van der Waals surface area contributed by atoms with E-state index in [0.717, 1.165) is 17.1 Å². The summed E-state index contributed by atoms with van der Waals surface area (Å²) in [6.45, 7) is 0. The molecule has 0 radical (unpaired) electrons. The Kier molecular flexibility index (Phi) is 3.73. The fourth-order valence-corrected chi connectivity index (χ4v) is 1.71. The van der Waals surface area contributed by atoms with Gasteiger partial charge in [0.05, 0.1) is 6.04 Å². The molecular formula is C10H11N5OS. The van der Waals surface area contributed by atoms with Gasteiger partial charge in [-0.25, -0.2) is 0 Å². The summed E-state index contributed by atoms with van der Waals surface area (Å²) in [6.07, 6.45) is 0.485. The molecule has 0 saturated heterocycles. The number of carbonyl (C=O) groups is 1. The standard InChI is InChI=1S/C10H11N5OS/c11-8(6-7-4-2-1-3-5-7)9(16)12-10-13-14-15-17-10/h1-5,8H,6,11H2,(H,12,13,15,16)/t8-/m0/s1. The lowest BCUT2D eigenvalue weighted by molar-refractivity contribution is -0.117. The van der Waals surface area contributed by atoms with Crippen molar-refractivity contribution >= 4 is 22.6 Å². The van der Waals surface area contributed by atoms with Gasteiger partial charge in [-0.2, -0.15) is 0 Å². The van der Waals surface area contributed by atoms with Gasteiger partial charge >= 0.3 is 0 Å². The Hall–Kier alpha value is -1.86. The van der Waals surface area contributed by atoms with Crippen LogP contribution in [0.25, 0.3) is 0 Å². The molecule has 0 spiro atoms. The molecule has 2 rings (SSSR count). The molecule has 6 nitrogen and oxygen atoms in total. The van der Waals surface area contributed by atoms with Crippen LogP contribution in [0.3, 0.4) is 0 Å². The Bertz CT molecular complexity index is 473. The molecule has 88 valence electrons. The number of nitrogens with two attached hydrogens (primary N) is 1. The molecule has 3 N–H and O–H groups in total. The molecule has 0 saturated carbocycles. The zero-order valence-corrected chi connectivity index (χ0v) is 9.72. The molecule has 0 aliphatic carbocycles. The van der Waals surface area contributed by atoms with Crippen molar-refractivity contribution in [3.63, 3.8) is 0 Å². The average Bonchev–Trinajstić information content (AvgIpc) is 2.83. The van der Waals surface area contributed by atoms with Crippen molar-refractivity contribution in [2.75, 3.05) is 5.32 Å². The Labute approximate surface area is 102 Å². The second kappa shape index (κ2) is 5.46. The summed E-state index contributed by atoms with van der Waals surface area (Å²) >= 11 is 1.02. The molecule has 0 aliphatic rings. The first-order valence-corrected chi connectivity index (χ1v) is 5.78. The molecule has 7 heteroatoms. The summed E-state index contributed by atoms with van der Waals surface area (Å²) in [7, 11) is 0. The first kappa shape index (κ1) is 11.6. The molecule has 1 heterocycles. The molecule has 1 aromatic heterocycles. The van der Waals surface area contributed by atoms with Crippen LogP contribution in [0.1, 0.15) is 5.56 Å². The summed E-state index contributed by atoms with van der Waals surface area (Å²) < 4.78 is 3.54. The van der Waals surface area contributed by atoms with E-state index >= 15 is 0 Å². The van der Waals surface area contributed by atoms with Gasteiger partial charge in [0.25, 0.3) is 0 Å². The number of nitrogens with zero attached hydrogens (tertiary/aromatic N) is 3. The van der Waals surface area contributed by atoms with Crippen molar-refractivity contribution in [2.24, 2.45) is 5.73 Å². The Morgan fingerprint density at radius 3 is 2.82 bits per heavy atom. The highest BCUT2D eigenvalue weighted by molar-refractivity contribution is 7.09. The molecule has 2 aromatic rings. The number of carbonyl (C=O) groups excluding carboxylic acids is 1. The highest BCUT2D eigenvalue weighted by Gasteiger charge is 2.15. The van der Waals surface area contributed by atoms with Crippen LogP contribution in [-0.4, -0.2) is 26.7 Å². The summed E-state index contributed by atoms with van der Waals surface area (Å²) in [6, 6.07) is 8.99. The van der Waals surface area contributed by atoms with Gasteiger partial charge < -0.3 is 5.73 Å². The van der Waals surface area contributed by atoms with Crippen LogP contribution in [0.5, 0.6) is 0 Å². The highest BCUT2D eigenvalue weighted by atomic mass is 32.1. The quantitative estimate of drug-likeness (QED) is 0.820. The van der Waals surface area contributed by atoms with E-state index in [2.05, 4.69) is 20.1 Å². The van der Waals surface area contributed by atoms with Crippen LogP contribution in [-0.2, 0) is 11.2 Å². The minimum Gasteiger partial charge on any atom is -0.320 e. The van der Waals surface area contributed by atoms with Crippen LogP contribution >= 0.6 is 11.5 Å². The number of amides is 1. The molecule has 1 atom stereocenters. The predicted molar refractivity (Wildman–Crippen MR) is 64.5 cm³/mol. The van der Waals surface area contributed by atoms with Crippen molar-refractivity contribution in [2.45, 2.75) is 12.5 Å². The third-order valence-electron chi connectivity index (χ3n) is 2.16. The SMILES string of the molecule is N[C@@H](Cc1ccccc1)C(=O)Nc1nnns1. The summed E-state index contributed by atoms with van der Waals surface area (Å²) in [4.78, 5) is 11.7. The normalized spacial score (nSPS) is 12.1. The smallest absolute Gasteiger partial charge is 0.243 e. The van der Waals surface area contributed by atoms with Crippen LogP contribution < -0.4 is 11.1 Å². The third kappa shape index (κ3) is 3.30. The van der Waals surface area contributed by atoms with Gasteiger partial charge in [0.15, 0.2) is 0 Å². The number of anilines is 1. The van der Waals surface area contributed by atoms with E-state index in [-0.39, 0.29) is 5.91 Å². The number of aromatic nitrogens is 3. The van der Waals surface area contributed by atoms with Crippen LogP contribution in [0.4, 0.5) is 5.13 Å². The molecule has 1 amide bonds. The number of benzene rings is 1. The molecule has 0 unspecified atom stereocenters. The van der Waals surface area contributed by atoms with Crippen molar-refractivity contribution in [3.05, 3.63) is 35.9 Å². The average molecular weight is 249 g/mol. The summed E-state index contributed by atoms with van der Waals surface area (Å²) in [5.74, 6) is -0.285. The van der Waals surface area contributed by atoms with E-state index in [1.807, 2.05) is 30.3 Å². The minimum absolute atomic E-state index is 0.285. The van der Waals surface area contributed by atoms with Crippen molar-refractivity contribution in [1.29, 1.82) is 0 Å². The number of rotatable bonds is 4. The van der Waals surface area contributed by atoms with Crippen molar-refractivity contribution < 1.29 is 4.79 Å². The van der Waals surface area contributed by atoms with Gasteiger partial charge in [0, 0.05) is 11.5 Å². The maximum absolute atomic E-state index is 11.7. The predicted octanol–water partition coefficient (Wildman–Crippen LogP) is 0.442. The van der Waals surface area contributed by atoms with Gasteiger partial charge in [-0.15, -0.1) is 0 Å². The fourth-order valence-electron chi connectivity index (χ4n) is 1.34. The number of hydrogen-bond acceptors (Lipinski definition) is 6. The van der Waals surface area contributed by atoms with Crippen LogP contribution in [0.15, 0.2) is 30.3 Å². The zero-order valence-electron chi connectivity index (χ0n) is 8.91. The maximum Gasteiger partial charge on any atom is 0.243 e. The minimum atomic E-state index is -0.610. The number of hydrogen-bond donors (Lipinski definition) is 2. The monoisotopic (exact) mass is 249 g/mol. The van der Waals surface area contributed by atoms with E-state index in [1.165, 1.54) is 0 Å². The van der Waals surface area contributed by atoms with E-state index in [1.54, 1.807) is 0 Å². The Balaban J connectivity index is 1.92. The molecule has 0 fully saturated rings. The van der Waals surface area contributed by atoms with Gasteiger partial charge in [0.1, 0.15) is 0 Å². The first-order valence-electron chi connectivity index (χ1n) is 5.01. The summed E-state index contributed by atoms with van der Waals surface area (Å²) in [5.41, 5.74) is 6.81. The molecule has 1 aromatic carbocycles. The maximum atomic E-state index is 11.7. The lowest BCUT2D eigenvalue weighted by Crippen LogP contribution is -2.37. The van der Waals surface area contributed by atoms with E-state index < -0.39 is 6.04 Å². The van der Waals surface area contributed by atoms with Gasteiger partial charge in [-0.05, 0) is 17.2 Å². The first-order chi connectivity index (χ1) is 8.25. The van der Waals surface area contributed by atoms with E-state index in [4.69, 9.17) is 5.73 Å². The van der Waals surface area contributed by atoms with Crippen molar-refractivity contribution in [1.82, 2.24) is 14.8 Å². The fraction of sp³-hybridized carbons (Fsp3) is 0.200. The lowest BCUT2D eigenvalue weighted by atomic mass is 10.1. The highest BCUT2D eigenvalue weighted by Crippen LogP contribution is 2.07. The Morgan fingerprint density at radius 1 is 1.41 bits per heavy atom. The van der Waals surface area contributed by atoms with E-state index in [9.17, 15) is 4.79 Å². The van der Waals surface area contributed by atoms with Crippen LogP contribution in [0.2, 0.25) is 0 Å². The molecule has 0 aliphatic heterocycles. The molecule has 0 bridgehead atoms. The van der Waals surface area contributed by atoms with E-state index in [0.29, 0.717) is 11.6 Å². The van der Waals surface area contributed by atoms with Crippen LogP contribution in [0, 0.1) is 0 Å². The zero-order chi connectivity index (χ0) is 12.1. The second-order valence-electron chi connectivity index (χ2n) is 3.45. The molecule has 17 heavy (non-hydrogen) atoms. The van der Waals surface area contributed by atoms with Gasteiger partial charge in [-0.1, -0.05) is 39.9 Å². The Morgan fingerprint density at radius 2 is 2.18 bits per heavy atom. The van der Waals surface area contributed by atoms with Gasteiger partial charge in [0.2, 0.25) is 11.0 Å². The topological polar surface area (TPSA) is 93.8 Å². The summed E-state index contributed by atoms with van der Waals surface area (Å²) in [5, 5.41) is 9.92.